The van der Waals surface area contributed by atoms with Crippen LogP contribution in [0.25, 0.3) is 0 Å². The third-order valence-corrected chi connectivity index (χ3v) is 2.76. The quantitative estimate of drug-likeness (QED) is 0.573. The fourth-order valence-electron chi connectivity index (χ4n) is 1.88. The first-order chi connectivity index (χ1) is 5.86. The van der Waals surface area contributed by atoms with Crippen molar-refractivity contribution in [1.82, 2.24) is 4.90 Å². The molecule has 0 unspecified atom stereocenters. The Morgan fingerprint density at radius 1 is 1.42 bits per heavy atom. The van der Waals surface area contributed by atoms with Crippen LogP contribution in [-0.4, -0.2) is 37.0 Å². The number of rotatable bonds is 1. The topological polar surface area (TPSA) is 28.0 Å². The van der Waals surface area contributed by atoms with Gasteiger partial charge in [-0.2, -0.15) is 10.2 Å². The van der Waals surface area contributed by atoms with Crippen molar-refractivity contribution in [2.24, 2.45) is 16.1 Å². The van der Waals surface area contributed by atoms with E-state index in [0.29, 0.717) is 5.92 Å². The molecule has 0 aromatic heterocycles. The highest BCUT2D eigenvalue weighted by atomic mass is 15.2. The summed E-state index contributed by atoms with van der Waals surface area (Å²) in [7, 11) is 2.18. The van der Waals surface area contributed by atoms with E-state index in [4.69, 9.17) is 0 Å². The van der Waals surface area contributed by atoms with Crippen LogP contribution >= 0.6 is 0 Å². The molecule has 0 N–H and O–H groups in total. The summed E-state index contributed by atoms with van der Waals surface area (Å²) in [6, 6.07) is 0. The van der Waals surface area contributed by atoms with Crippen molar-refractivity contribution in [3.05, 3.63) is 0 Å². The smallest absolute Gasteiger partial charge is 0.0491 e. The van der Waals surface area contributed by atoms with Crippen molar-refractivity contribution in [3.8, 4) is 0 Å². The van der Waals surface area contributed by atoms with E-state index in [0.717, 1.165) is 6.42 Å². The highest BCUT2D eigenvalue weighted by molar-refractivity contribution is 5.99. The van der Waals surface area contributed by atoms with E-state index in [1.165, 1.54) is 31.6 Å². The molecule has 0 aliphatic carbocycles. The SMILES string of the molecule is CN1CCC(C2=NN=CC2)CC1. The lowest BCUT2D eigenvalue weighted by Crippen LogP contribution is -2.33. The number of piperidine rings is 1. The van der Waals surface area contributed by atoms with Crippen LogP contribution in [0.3, 0.4) is 0 Å². The fourth-order valence-corrected chi connectivity index (χ4v) is 1.88. The maximum Gasteiger partial charge on any atom is 0.0491 e. The van der Waals surface area contributed by atoms with Crippen molar-refractivity contribution >= 4 is 11.9 Å². The van der Waals surface area contributed by atoms with Crippen molar-refractivity contribution in [1.29, 1.82) is 0 Å². The van der Waals surface area contributed by atoms with Gasteiger partial charge in [-0.05, 0) is 33.0 Å². The highest BCUT2D eigenvalue weighted by Gasteiger charge is 2.22. The molecule has 3 nitrogen and oxygen atoms in total. The van der Waals surface area contributed by atoms with Gasteiger partial charge in [-0.25, -0.2) is 0 Å². The summed E-state index contributed by atoms with van der Waals surface area (Å²) in [5.41, 5.74) is 1.31. The Hall–Kier alpha value is -0.700. The first-order valence-corrected chi connectivity index (χ1v) is 4.63. The maximum atomic E-state index is 4.15. The zero-order valence-electron chi connectivity index (χ0n) is 7.53. The monoisotopic (exact) mass is 165 g/mol. The summed E-state index contributed by atoms with van der Waals surface area (Å²) < 4.78 is 0. The van der Waals surface area contributed by atoms with Gasteiger partial charge in [-0.15, -0.1) is 0 Å². The van der Waals surface area contributed by atoms with Crippen molar-refractivity contribution in [2.75, 3.05) is 20.1 Å². The van der Waals surface area contributed by atoms with Crippen LogP contribution in [0, 0.1) is 5.92 Å². The van der Waals surface area contributed by atoms with Gasteiger partial charge in [0.1, 0.15) is 0 Å². The lowest BCUT2D eigenvalue weighted by atomic mass is 9.91. The molecule has 1 saturated heterocycles. The lowest BCUT2D eigenvalue weighted by molar-refractivity contribution is 0.251. The van der Waals surface area contributed by atoms with Gasteiger partial charge in [0.2, 0.25) is 0 Å². The summed E-state index contributed by atoms with van der Waals surface area (Å²) in [6.07, 6.45) is 5.43. The van der Waals surface area contributed by atoms with E-state index in [-0.39, 0.29) is 0 Å². The molecule has 0 saturated carbocycles. The molecule has 0 aromatic carbocycles. The van der Waals surface area contributed by atoms with Crippen molar-refractivity contribution < 1.29 is 0 Å². The van der Waals surface area contributed by atoms with Gasteiger partial charge in [0.25, 0.3) is 0 Å². The Balaban J connectivity index is 1.90. The Labute approximate surface area is 73.2 Å². The first kappa shape index (κ1) is 7.92. The van der Waals surface area contributed by atoms with Crippen LogP contribution in [0.4, 0.5) is 0 Å². The summed E-state index contributed by atoms with van der Waals surface area (Å²) in [5, 5.41) is 8.06. The Morgan fingerprint density at radius 3 is 2.75 bits per heavy atom. The molecular formula is C9H15N3. The summed E-state index contributed by atoms with van der Waals surface area (Å²) >= 11 is 0. The maximum absolute atomic E-state index is 4.15. The molecule has 12 heavy (non-hydrogen) atoms. The zero-order valence-corrected chi connectivity index (χ0v) is 7.53. The second-order valence-electron chi connectivity index (χ2n) is 3.67. The summed E-state index contributed by atoms with van der Waals surface area (Å²) in [4.78, 5) is 2.38. The van der Waals surface area contributed by atoms with Crippen LogP contribution in [0.15, 0.2) is 10.2 Å². The largest absolute Gasteiger partial charge is 0.306 e. The average Bonchev–Trinajstić information content (AvgIpc) is 2.58. The van der Waals surface area contributed by atoms with Gasteiger partial charge in [0, 0.05) is 24.3 Å². The van der Waals surface area contributed by atoms with Gasteiger partial charge < -0.3 is 4.90 Å². The van der Waals surface area contributed by atoms with Gasteiger partial charge in [0.15, 0.2) is 0 Å². The predicted octanol–water partition coefficient (Wildman–Crippen LogP) is 1.16. The van der Waals surface area contributed by atoms with Crippen molar-refractivity contribution in [3.63, 3.8) is 0 Å². The molecule has 0 aromatic rings. The van der Waals surface area contributed by atoms with Crippen molar-refractivity contribution in [2.45, 2.75) is 19.3 Å². The standard InChI is InChI=1S/C9H15N3/c1-12-6-3-8(4-7-12)9-2-5-10-11-9/h5,8H,2-4,6-7H2,1H3. The fraction of sp³-hybridized carbons (Fsp3) is 0.778. The number of hydrogen-bond donors (Lipinski definition) is 0. The normalized spacial score (nSPS) is 26.2. The molecule has 2 heterocycles. The van der Waals surface area contributed by atoms with Gasteiger partial charge >= 0.3 is 0 Å². The molecule has 3 heteroatoms. The molecule has 0 spiro atoms. The molecule has 2 rings (SSSR count). The van der Waals surface area contributed by atoms with Gasteiger partial charge in [0.05, 0.1) is 0 Å². The third kappa shape index (κ3) is 1.55. The van der Waals surface area contributed by atoms with E-state index < -0.39 is 0 Å². The van der Waals surface area contributed by atoms with E-state index in [2.05, 4.69) is 22.2 Å². The minimum Gasteiger partial charge on any atom is -0.306 e. The number of nitrogens with zero attached hydrogens (tertiary/aromatic N) is 3. The van der Waals surface area contributed by atoms with E-state index in [1.54, 1.807) is 0 Å². The molecule has 66 valence electrons. The molecule has 2 aliphatic rings. The molecule has 1 fully saturated rings. The molecule has 0 radical (unpaired) electrons. The minimum atomic E-state index is 0.712. The minimum absolute atomic E-state index is 0.712. The Bertz CT molecular complexity index is 212. The second-order valence-corrected chi connectivity index (χ2v) is 3.67. The highest BCUT2D eigenvalue weighted by Crippen LogP contribution is 2.20. The van der Waals surface area contributed by atoms with Crippen LogP contribution in [0.5, 0.6) is 0 Å². The van der Waals surface area contributed by atoms with E-state index in [1.807, 2.05) is 6.21 Å². The van der Waals surface area contributed by atoms with Gasteiger partial charge in [-0.1, -0.05) is 0 Å². The van der Waals surface area contributed by atoms with Crippen LogP contribution in [0.1, 0.15) is 19.3 Å². The molecule has 0 amide bonds. The van der Waals surface area contributed by atoms with E-state index >= 15 is 0 Å². The Morgan fingerprint density at radius 2 is 2.17 bits per heavy atom. The van der Waals surface area contributed by atoms with Crippen LogP contribution in [0.2, 0.25) is 0 Å². The average molecular weight is 165 g/mol. The summed E-state index contributed by atoms with van der Waals surface area (Å²) in [6.45, 7) is 2.42. The van der Waals surface area contributed by atoms with Crippen LogP contribution in [-0.2, 0) is 0 Å². The third-order valence-electron chi connectivity index (χ3n) is 2.76. The summed E-state index contributed by atoms with van der Waals surface area (Å²) in [5.74, 6) is 0.712. The number of likely N-dealkylation sites (tertiary alicyclic amines) is 1. The zero-order chi connectivity index (χ0) is 8.39. The van der Waals surface area contributed by atoms with Crippen LogP contribution < -0.4 is 0 Å². The molecule has 2 aliphatic heterocycles. The van der Waals surface area contributed by atoms with E-state index in [9.17, 15) is 0 Å². The van der Waals surface area contributed by atoms with Gasteiger partial charge in [-0.3, -0.25) is 0 Å². The molecular weight excluding hydrogens is 150 g/mol. The Kier molecular flexibility index (Phi) is 2.21. The lowest BCUT2D eigenvalue weighted by Gasteiger charge is -2.28. The number of hydrogen-bond acceptors (Lipinski definition) is 3. The first-order valence-electron chi connectivity index (χ1n) is 4.63. The molecule has 0 bridgehead atoms. The molecule has 0 atom stereocenters. The predicted molar refractivity (Wildman–Crippen MR) is 50.8 cm³/mol. The second kappa shape index (κ2) is 3.35.